The molecule has 0 bridgehead atoms. The molecule has 104 valence electrons. The molecule has 0 aromatic heterocycles. The summed E-state index contributed by atoms with van der Waals surface area (Å²) in [6.07, 6.45) is 0. The number of hydrogen-bond donors (Lipinski definition) is 3. The molecular formula is C10H22O4S3. The van der Waals surface area contributed by atoms with Crippen LogP contribution in [0.4, 0.5) is 0 Å². The topological polar surface area (TPSA) is 36.9 Å². The van der Waals surface area contributed by atoms with Gasteiger partial charge in [0.05, 0.1) is 33.0 Å². The first-order valence-corrected chi connectivity index (χ1v) is 7.22. The van der Waals surface area contributed by atoms with E-state index in [9.17, 15) is 0 Å². The van der Waals surface area contributed by atoms with Crippen molar-refractivity contribution in [2.45, 2.75) is 17.8 Å². The smallest absolute Gasteiger partial charge is 0.123 e. The molecule has 4 nitrogen and oxygen atoms in total. The van der Waals surface area contributed by atoms with Crippen LogP contribution in [0.5, 0.6) is 0 Å². The number of rotatable bonds is 12. The molecule has 17 heavy (non-hydrogen) atoms. The summed E-state index contributed by atoms with van der Waals surface area (Å²) in [5.41, 5.74) is -0.522. The van der Waals surface area contributed by atoms with Gasteiger partial charge in [0, 0.05) is 12.4 Å². The van der Waals surface area contributed by atoms with Crippen molar-refractivity contribution in [3.63, 3.8) is 0 Å². The fraction of sp³-hybridized carbons (Fsp3) is 1.00. The van der Waals surface area contributed by atoms with Gasteiger partial charge in [0.2, 0.25) is 0 Å². The third-order valence-electron chi connectivity index (χ3n) is 1.67. The highest BCUT2D eigenvalue weighted by Crippen LogP contribution is 2.04. The second kappa shape index (κ2) is 13.3. The average molecular weight is 302 g/mol. The number of thiol groups is 3. The fourth-order valence-electron chi connectivity index (χ4n) is 0.925. The molecule has 0 aliphatic heterocycles. The van der Waals surface area contributed by atoms with Gasteiger partial charge in [-0.05, 0) is 6.92 Å². The first-order valence-electron chi connectivity index (χ1n) is 5.56. The van der Waals surface area contributed by atoms with Crippen molar-refractivity contribution in [1.29, 1.82) is 0 Å². The Labute approximate surface area is 120 Å². The van der Waals surface area contributed by atoms with Crippen LogP contribution >= 0.6 is 37.9 Å². The van der Waals surface area contributed by atoms with Crippen LogP contribution in [0.25, 0.3) is 0 Å². The van der Waals surface area contributed by atoms with Crippen LogP contribution in [0.1, 0.15) is 6.92 Å². The van der Waals surface area contributed by atoms with E-state index in [-0.39, 0.29) is 10.9 Å². The molecule has 0 saturated heterocycles. The predicted molar refractivity (Wildman–Crippen MR) is 78.6 cm³/mol. The van der Waals surface area contributed by atoms with Gasteiger partial charge in [-0.25, -0.2) is 0 Å². The van der Waals surface area contributed by atoms with E-state index in [0.29, 0.717) is 45.4 Å². The second-order valence-corrected chi connectivity index (χ2v) is 4.71. The maximum Gasteiger partial charge on any atom is 0.123 e. The summed E-state index contributed by atoms with van der Waals surface area (Å²) in [6.45, 7) is 5.15. The van der Waals surface area contributed by atoms with Crippen molar-refractivity contribution in [2.75, 3.05) is 45.4 Å². The van der Waals surface area contributed by atoms with Gasteiger partial charge in [0.15, 0.2) is 0 Å². The third-order valence-corrected chi connectivity index (χ3v) is 2.45. The molecule has 0 rings (SSSR count). The Kier molecular flexibility index (Phi) is 14.0. The van der Waals surface area contributed by atoms with Gasteiger partial charge in [-0.15, -0.1) is 25.3 Å². The van der Waals surface area contributed by atoms with Gasteiger partial charge >= 0.3 is 0 Å². The van der Waals surface area contributed by atoms with Crippen LogP contribution in [0.3, 0.4) is 0 Å². The van der Waals surface area contributed by atoms with Crippen LogP contribution in [0, 0.1) is 0 Å². The molecule has 0 aliphatic rings. The Morgan fingerprint density at radius 3 is 2.18 bits per heavy atom. The summed E-state index contributed by atoms with van der Waals surface area (Å²) in [4.78, 5) is 0. The molecule has 0 amide bonds. The molecule has 0 fully saturated rings. The van der Waals surface area contributed by atoms with Gasteiger partial charge in [0.1, 0.15) is 10.9 Å². The average Bonchev–Trinajstić information content (AvgIpc) is 2.33. The summed E-state index contributed by atoms with van der Waals surface area (Å²) in [7, 11) is 0. The van der Waals surface area contributed by atoms with E-state index in [2.05, 4.69) is 37.9 Å². The Morgan fingerprint density at radius 1 is 0.882 bits per heavy atom. The van der Waals surface area contributed by atoms with E-state index in [1.54, 1.807) is 0 Å². The number of ether oxygens (including phenoxy) is 4. The van der Waals surface area contributed by atoms with Crippen LogP contribution in [0.15, 0.2) is 0 Å². The quantitative estimate of drug-likeness (QED) is 0.290. The molecule has 0 spiro atoms. The van der Waals surface area contributed by atoms with Gasteiger partial charge < -0.3 is 18.9 Å². The molecular weight excluding hydrogens is 280 g/mol. The molecule has 2 atom stereocenters. The first kappa shape index (κ1) is 17.9. The Bertz CT molecular complexity index is 162. The predicted octanol–water partition coefficient (Wildman–Crippen LogP) is 1.51. The van der Waals surface area contributed by atoms with Gasteiger partial charge in [0.25, 0.3) is 0 Å². The summed E-state index contributed by atoms with van der Waals surface area (Å²) >= 11 is 12.5. The molecule has 0 heterocycles. The lowest BCUT2D eigenvalue weighted by Gasteiger charge is -2.16. The molecule has 0 N–H and O–H groups in total. The summed E-state index contributed by atoms with van der Waals surface area (Å²) in [5.74, 6) is 0.669. The van der Waals surface area contributed by atoms with Crippen LogP contribution in [-0.4, -0.2) is 56.3 Å². The highest BCUT2D eigenvalue weighted by molar-refractivity contribution is 7.81. The largest absolute Gasteiger partial charge is 0.379 e. The van der Waals surface area contributed by atoms with Gasteiger partial charge in [-0.2, -0.15) is 12.6 Å². The van der Waals surface area contributed by atoms with Crippen molar-refractivity contribution in [1.82, 2.24) is 0 Å². The lowest BCUT2D eigenvalue weighted by molar-refractivity contribution is -0.0178. The van der Waals surface area contributed by atoms with Crippen LogP contribution in [0.2, 0.25) is 0 Å². The minimum absolute atomic E-state index is 0.250. The summed E-state index contributed by atoms with van der Waals surface area (Å²) in [6, 6.07) is 0. The van der Waals surface area contributed by atoms with Crippen molar-refractivity contribution in [3.8, 4) is 0 Å². The third kappa shape index (κ3) is 13.1. The fourth-order valence-corrected chi connectivity index (χ4v) is 1.41. The Hall–Kier alpha value is 0.890. The Balaban J connectivity index is 3.30. The molecule has 7 heteroatoms. The normalized spacial score (nSPS) is 14.8. The highest BCUT2D eigenvalue weighted by Gasteiger charge is 2.08. The molecule has 0 radical (unpaired) electrons. The van der Waals surface area contributed by atoms with E-state index in [1.165, 1.54) is 0 Å². The number of hydrogen-bond acceptors (Lipinski definition) is 7. The highest BCUT2D eigenvalue weighted by atomic mass is 32.1. The van der Waals surface area contributed by atoms with E-state index >= 15 is 0 Å². The monoisotopic (exact) mass is 302 g/mol. The second-order valence-electron chi connectivity index (χ2n) is 3.11. The zero-order valence-corrected chi connectivity index (χ0v) is 12.8. The molecule has 0 saturated carbocycles. The minimum Gasteiger partial charge on any atom is -0.379 e. The van der Waals surface area contributed by atoms with Crippen molar-refractivity contribution in [3.05, 3.63) is 0 Å². The van der Waals surface area contributed by atoms with E-state index in [4.69, 9.17) is 18.9 Å². The summed E-state index contributed by atoms with van der Waals surface area (Å²) < 4.78 is 21.1. The van der Waals surface area contributed by atoms with E-state index < -0.39 is 0 Å². The Morgan fingerprint density at radius 2 is 1.53 bits per heavy atom. The molecule has 2 unspecified atom stereocenters. The minimum atomic E-state index is -0.272. The molecule has 0 aromatic rings. The van der Waals surface area contributed by atoms with E-state index in [0.717, 1.165) is 0 Å². The van der Waals surface area contributed by atoms with Crippen molar-refractivity contribution < 1.29 is 18.9 Å². The SMILES string of the molecule is CCOCCOCC(S)OCC(S)OCCS. The zero-order chi connectivity index (χ0) is 12.9. The lowest BCUT2D eigenvalue weighted by atomic mass is 10.7. The first-order chi connectivity index (χ1) is 8.20. The van der Waals surface area contributed by atoms with Gasteiger partial charge in [-0.1, -0.05) is 0 Å². The van der Waals surface area contributed by atoms with Crippen molar-refractivity contribution in [2.24, 2.45) is 0 Å². The van der Waals surface area contributed by atoms with Crippen LogP contribution < -0.4 is 0 Å². The van der Waals surface area contributed by atoms with Gasteiger partial charge in [-0.3, -0.25) is 0 Å². The maximum absolute atomic E-state index is 5.38. The van der Waals surface area contributed by atoms with Crippen molar-refractivity contribution >= 4 is 37.9 Å². The maximum atomic E-state index is 5.38. The summed E-state index contributed by atoms with van der Waals surface area (Å²) in [5, 5.41) is 0. The standard InChI is InChI=1S/C10H22O4S3/c1-2-11-3-4-12-7-9(16)14-8-10(17)13-5-6-15/h9-10,15-17H,2-8H2,1H3. The lowest BCUT2D eigenvalue weighted by Crippen LogP contribution is -2.22. The van der Waals surface area contributed by atoms with E-state index in [1.807, 2.05) is 6.92 Å². The molecule has 0 aliphatic carbocycles. The molecule has 0 aromatic carbocycles. The van der Waals surface area contributed by atoms with Crippen LogP contribution in [-0.2, 0) is 18.9 Å². The zero-order valence-electron chi connectivity index (χ0n) is 10.1.